The molecule has 6 atom stereocenters. The summed E-state index contributed by atoms with van der Waals surface area (Å²) in [7, 11) is -2.04. The standard InChI is InChI=1S/C36H62N6O7S/c1-10-15-26(30(43)32(45)37-20-11-2)38-31(44)29-24-18-19-36(6,7)25(24)21-42(29)33(46)28(23-16-13-12-14-17-23)40-34(47)39-27(35(3,4)5)22-41(8)50(9,48)49/h11,23-29H,2,10,12-22H2,1,3-9H3,(H,37,45)(H,38,44)(H2,39,40,47)/t24-,25-,26?,27+,28-,29-/m0/s1. The molecule has 50 heavy (non-hydrogen) atoms. The Morgan fingerprint density at radius 1 is 1.02 bits per heavy atom. The number of nitrogens with zero attached hydrogens (tertiary/aromatic N) is 2. The number of amides is 5. The van der Waals surface area contributed by atoms with E-state index >= 15 is 0 Å². The van der Waals surface area contributed by atoms with Crippen molar-refractivity contribution in [2.45, 2.75) is 123 Å². The van der Waals surface area contributed by atoms with Gasteiger partial charge in [-0.1, -0.05) is 73.3 Å². The number of likely N-dealkylation sites (tertiary alicyclic amines) is 1. The topological polar surface area (TPSA) is 174 Å². The molecule has 0 aromatic heterocycles. The Bertz CT molecular complexity index is 1370. The van der Waals surface area contributed by atoms with Gasteiger partial charge in [0.15, 0.2) is 0 Å². The molecule has 1 unspecified atom stereocenters. The molecule has 14 heteroatoms. The first-order chi connectivity index (χ1) is 23.2. The van der Waals surface area contributed by atoms with Gasteiger partial charge in [-0.2, -0.15) is 0 Å². The van der Waals surface area contributed by atoms with Gasteiger partial charge < -0.3 is 26.2 Å². The Morgan fingerprint density at radius 3 is 2.22 bits per heavy atom. The van der Waals surface area contributed by atoms with E-state index in [1.807, 2.05) is 27.7 Å². The molecule has 0 spiro atoms. The molecule has 1 heterocycles. The Labute approximate surface area is 299 Å². The minimum Gasteiger partial charge on any atom is -0.346 e. The highest BCUT2D eigenvalue weighted by atomic mass is 32.2. The van der Waals surface area contributed by atoms with Gasteiger partial charge in [0, 0.05) is 32.7 Å². The van der Waals surface area contributed by atoms with Crippen molar-refractivity contribution in [2.24, 2.45) is 28.6 Å². The summed E-state index contributed by atoms with van der Waals surface area (Å²) in [4.78, 5) is 70.1. The monoisotopic (exact) mass is 722 g/mol. The largest absolute Gasteiger partial charge is 0.346 e. The first kappa shape index (κ1) is 41.4. The van der Waals surface area contributed by atoms with Gasteiger partial charge in [-0.15, -0.1) is 6.58 Å². The zero-order chi connectivity index (χ0) is 37.6. The van der Waals surface area contributed by atoms with Crippen LogP contribution >= 0.6 is 0 Å². The first-order valence-electron chi connectivity index (χ1n) is 18.2. The van der Waals surface area contributed by atoms with Crippen molar-refractivity contribution in [3.63, 3.8) is 0 Å². The highest BCUT2D eigenvalue weighted by Gasteiger charge is 2.57. The van der Waals surface area contributed by atoms with Crippen molar-refractivity contribution in [1.29, 1.82) is 0 Å². The summed E-state index contributed by atoms with van der Waals surface area (Å²) in [5, 5.41) is 11.3. The van der Waals surface area contributed by atoms with E-state index in [-0.39, 0.29) is 48.6 Å². The number of likely N-dealkylation sites (N-methyl/N-ethyl adjacent to an activating group) is 1. The molecule has 0 aromatic carbocycles. The predicted octanol–water partition coefficient (Wildman–Crippen LogP) is 2.96. The van der Waals surface area contributed by atoms with Crippen molar-refractivity contribution >= 4 is 39.6 Å². The van der Waals surface area contributed by atoms with Gasteiger partial charge in [0.05, 0.1) is 12.3 Å². The first-order valence-corrected chi connectivity index (χ1v) is 20.1. The fourth-order valence-electron chi connectivity index (χ4n) is 7.91. The van der Waals surface area contributed by atoms with Crippen LogP contribution in [0.15, 0.2) is 12.7 Å². The Hall–Kier alpha value is -3.00. The van der Waals surface area contributed by atoms with Crippen LogP contribution in [0.25, 0.3) is 0 Å². The van der Waals surface area contributed by atoms with Gasteiger partial charge in [0.2, 0.25) is 27.6 Å². The summed E-state index contributed by atoms with van der Waals surface area (Å²) in [5.74, 6) is -2.58. The Kier molecular flexibility index (Phi) is 14.1. The van der Waals surface area contributed by atoms with Crippen LogP contribution < -0.4 is 21.3 Å². The summed E-state index contributed by atoms with van der Waals surface area (Å²) in [5.41, 5.74) is -0.630. The highest BCUT2D eigenvalue weighted by Crippen LogP contribution is 2.53. The van der Waals surface area contributed by atoms with Crippen LogP contribution in [0, 0.1) is 28.6 Å². The van der Waals surface area contributed by atoms with Crippen LogP contribution in [-0.4, -0.2) is 104 Å². The quantitative estimate of drug-likeness (QED) is 0.149. The van der Waals surface area contributed by atoms with Gasteiger partial charge in [0.25, 0.3) is 5.91 Å². The number of urea groups is 1. The molecule has 1 saturated heterocycles. The lowest BCUT2D eigenvalue weighted by Crippen LogP contribution is -2.61. The molecule has 4 N–H and O–H groups in total. The molecule has 1 aliphatic heterocycles. The second kappa shape index (κ2) is 17.0. The zero-order valence-corrected chi connectivity index (χ0v) is 32.3. The summed E-state index contributed by atoms with van der Waals surface area (Å²) < 4.78 is 25.6. The van der Waals surface area contributed by atoms with Crippen molar-refractivity contribution in [3.05, 3.63) is 12.7 Å². The van der Waals surface area contributed by atoms with Crippen LogP contribution in [0.2, 0.25) is 0 Å². The van der Waals surface area contributed by atoms with Crippen LogP contribution in [0.3, 0.4) is 0 Å². The number of rotatable bonds is 15. The smallest absolute Gasteiger partial charge is 0.315 e. The lowest BCUT2D eigenvalue weighted by atomic mass is 9.79. The molecule has 0 radical (unpaired) electrons. The highest BCUT2D eigenvalue weighted by molar-refractivity contribution is 7.88. The number of fused-ring (bicyclic) bond motifs is 1. The van der Waals surface area contributed by atoms with E-state index in [0.29, 0.717) is 13.0 Å². The van der Waals surface area contributed by atoms with Gasteiger partial charge in [-0.3, -0.25) is 19.2 Å². The second-order valence-electron chi connectivity index (χ2n) is 16.4. The molecule has 0 bridgehead atoms. The number of carbonyl (C=O) groups is 5. The van der Waals surface area contributed by atoms with Crippen molar-refractivity contribution < 1.29 is 32.4 Å². The number of sulfonamides is 1. The molecule has 284 valence electrons. The molecule has 3 rings (SSSR count). The van der Waals surface area contributed by atoms with Gasteiger partial charge >= 0.3 is 6.03 Å². The van der Waals surface area contributed by atoms with Gasteiger partial charge in [0.1, 0.15) is 12.1 Å². The number of hydrogen-bond donors (Lipinski definition) is 4. The third kappa shape index (κ3) is 10.3. The molecule has 0 aromatic rings. The Morgan fingerprint density at radius 2 is 1.66 bits per heavy atom. The number of Topliss-reactive ketones (excluding diaryl/α,β-unsaturated/α-hetero) is 1. The number of ketones is 1. The maximum atomic E-state index is 14.8. The summed E-state index contributed by atoms with van der Waals surface area (Å²) in [6.45, 7) is 16.0. The molecule has 2 saturated carbocycles. The lowest BCUT2D eigenvalue weighted by Gasteiger charge is -2.37. The lowest BCUT2D eigenvalue weighted by molar-refractivity contribution is -0.144. The van der Waals surface area contributed by atoms with E-state index in [0.717, 1.165) is 51.2 Å². The summed E-state index contributed by atoms with van der Waals surface area (Å²) in [6, 6.07) is -3.94. The van der Waals surface area contributed by atoms with E-state index in [1.54, 1.807) is 4.90 Å². The van der Waals surface area contributed by atoms with E-state index < -0.39 is 63.2 Å². The van der Waals surface area contributed by atoms with E-state index in [2.05, 4.69) is 41.7 Å². The Balaban J connectivity index is 1.93. The predicted molar refractivity (Wildman–Crippen MR) is 193 cm³/mol. The molecule has 3 aliphatic rings. The van der Waals surface area contributed by atoms with Gasteiger partial charge in [-0.05, 0) is 60.7 Å². The van der Waals surface area contributed by atoms with Crippen molar-refractivity contribution in [2.75, 3.05) is 32.9 Å². The van der Waals surface area contributed by atoms with E-state index in [9.17, 15) is 32.4 Å². The van der Waals surface area contributed by atoms with E-state index in [1.165, 1.54) is 17.4 Å². The summed E-state index contributed by atoms with van der Waals surface area (Å²) >= 11 is 0. The molecule has 3 fully saturated rings. The van der Waals surface area contributed by atoms with E-state index in [4.69, 9.17) is 0 Å². The van der Waals surface area contributed by atoms with Crippen LogP contribution in [0.4, 0.5) is 4.79 Å². The van der Waals surface area contributed by atoms with Crippen molar-refractivity contribution in [3.8, 4) is 0 Å². The van der Waals surface area contributed by atoms with Gasteiger partial charge in [-0.25, -0.2) is 17.5 Å². The SMILES string of the molecule is C=CCNC(=O)C(=O)C(CCC)NC(=O)[C@@H]1[C@H]2CCC(C)(C)[C@H]2CN1C(=O)[C@@H](NC(=O)N[C@H](CN(C)S(C)(=O)=O)C(C)(C)C)C1CCCCC1. The number of carbonyl (C=O) groups excluding carboxylic acids is 5. The minimum atomic E-state index is -3.50. The normalized spacial score (nSPS) is 24.1. The average Bonchev–Trinajstić information content (AvgIpc) is 3.57. The van der Waals surface area contributed by atoms with Crippen LogP contribution in [0.1, 0.15) is 99.3 Å². The second-order valence-corrected chi connectivity index (χ2v) is 18.5. The van der Waals surface area contributed by atoms with Crippen LogP contribution in [-0.2, 0) is 29.2 Å². The van der Waals surface area contributed by atoms with Crippen molar-refractivity contribution in [1.82, 2.24) is 30.5 Å². The number of nitrogens with one attached hydrogen (secondary N) is 4. The molecule has 5 amide bonds. The number of hydrogen-bond acceptors (Lipinski definition) is 7. The molecular formula is C36H62N6O7S. The summed E-state index contributed by atoms with van der Waals surface area (Å²) in [6.07, 6.45) is 9.37. The third-order valence-electron chi connectivity index (χ3n) is 11.2. The maximum Gasteiger partial charge on any atom is 0.315 e. The van der Waals surface area contributed by atoms with Crippen LogP contribution in [0.5, 0.6) is 0 Å². The maximum absolute atomic E-state index is 14.8. The molecule has 13 nitrogen and oxygen atoms in total. The molecular weight excluding hydrogens is 660 g/mol. The fourth-order valence-corrected chi connectivity index (χ4v) is 8.33. The third-order valence-corrected chi connectivity index (χ3v) is 12.5. The minimum absolute atomic E-state index is 0.0380. The molecule has 2 aliphatic carbocycles. The fraction of sp³-hybridized carbons (Fsp3) is 0.806. The average molecular weight is 723 g/mol. The zero-order valence-electron chi connectivity index (χ0n) is 31.5.